The van der Waals surface area contributed by atoms with Gasteiger partial charge in [0.1, 0.15) is 0 Å². The molecule has 0 aliphatic heterocycles. The smallest absolute Gasteiger partial charge is 0.153 e. The van der Waals surface area contributed by atoms with Crippen LogP contribution in [-0.2, 0) is 7.05 Å². The number of nitrogens with two attached hydrogens (primary N) is 1. The molecule has 20 heavy (non-hydrogen) atoms. The van der Waals surface area contributed by atoms with E-state index in [1.165, 1.54) is 0 Å². The first-order valence-corrected chi connectivity index (χ1v) is 7.52. The lowest BCUT2D eigenvalue weighted by atomic mass is 10.1. The Labute approximate surface area is 132 Å². The third kappa shape index (κ3) is 2.25. The predicted molar refractivity (Wildman–Crippen MR) is 84.2 cm³/mol. The lowest BCUT2D eigenvalue weighted by Crippen LogP contribution is -2.18. The molecule has 0 saturated heterocycles. The number of hydrogen-bond donors (Lipinski definition) is 1. The number of hydrogen-bond acceptors (Lipinski definition) is 4. The Morgan fingerprint density at radius 1 is 1.25 bits per heavy atom. The second-order valence-electron chi connectivity index (χ2n) is 4.41. The summed E-state index contributed by atoms with van der Waals surface area (Å²) in [5.41, 5.74) is 8.79. The van der Waals surface area contributed by atoms with Crippen molar-refractivity contribution < 1.29 is 0 Å². The Hall–Kier alpha value is -1.31. The molecule has 0 amide bonds. The fraction of sp³-hybridized carbons (Fsp3) is 0.154. The lowest BCUT2D eigenvalue weighted by Gasteiger charge is -2.14. The Bertz CT molecular complexity index is 764. The molecule has 1 aromatic carbocycles. The highest BCUT2D eigenvalue weighted by atomic mass is 79.9. The zero-order valence-corrected chi connectivity index (χ0v) is 13.8. The van der Waals surface area contributed by atoms with Gasteiger partial charge in [-0.1, -0.05) is 23.4 Å². The van der Waals surface area contributed by atoms with Crippen molar-refractivity contribution in [2.75, 3.05) is 0 Å². The molecule has 0 bridgehead atoms. The number of pyridine rings is 1. The van der Waals surface area contributed by atoms with E-state index < -0.39 is 6.04 Å². The molecule has 2 aromatic heterocycles. The van der Waals surface area contributed by atoms with Gasteiger partial charge in [0, 0.05) is 16.9 Å². The Balaban J connectivity index is 2.16. The van der Waals surface area contributed by atoms with Gasteiger partial charge in [0.15, 0.2) is 4.60 Å². The molecule has 0 spiro atoms. The maximum atomic E-state index is 6.33. The topological polar surface area (TPSA) is 69.6 Å². The highest BCUT2D eigenvalue weighted by Gasteiger charge is 2.22. The number of nitrogens with zero attached hydrogens (tertiary/aromatic N) is 4. The van der Waals surface area contributed by atoms with Crippen LogP contribution in [0.15, 0.2) is 39.4 Å². The van der Waals surface area contributed by atoms with Gasteiger partial charge in [0.25, 0.3) is 0 Å². The molecule has 0 fully saturated rings. The summed E-state index contributed by atoms with van der Waals surface area (Å²) in [4.78, 5) is 4.65. The summed E-state index contributed by atoms with van der Waals surface area (Å²) in [6.45, 7) is 0. The van der Waals surface area contributed by atoms with Gasteiger partial charge in [-0.05, 0) is 44.0 Å². The molecule has 5 nitrogen and oxygen atoms in total. The Morgan fingerprint density at radius 3 is 2.70 bits per heavy atom. The van der Waals surface area contributed by atoms with E-state index in [1.54, 1.807) is 4.68 Å². The van der Waals surface area contributed by atoms with Gasteiger partial charge < -0.3 is 5.73 Å². The van der Waals surface area contributed by atoms with Crippen molar-refractivity contribution in [1.29, 1.82) is 0 Å². The van der Waals surface area contributed by atoms with E-state index in [1.807, 2.05) is 37.4 Å². The number of halogens is 2. The SMILES string of the molecule is Cn1nnc(Br)c1C(N)c1nc2ccccc2cc1Br. The molecule has 3 rings (SSSR count). The van der Waals surface area contributed by atoms with Crippen LogP contribution >= 0.6 is 31.9 Å². The van der Waals surface area contributed by atoms with Crippen molar-refractivity contribution in [3.8, 4) is 0 Å². The lowest BCUT2D eigenvalue weighted by molar-refractivity contribution is 0.644. The predicted octanol–water partition coefficient (Wildman–Crippen LogP) is 2.94. The summed E-state index contributed by atoms with van der Waals surface area (Å²) in [5, 5.41) is 8.98. The number of rotatable bonds is 2. The molecular formula is C13H11Br2N5. The molecule has 7 heteroatoms. The molecule has 2 heterocycles. The van der Waals surface area contributed by atoms with Crippen molar-refractivity contribution in [3.63, 3.8) is 0 Å². The van der Waals surface area contributed by atoms with E-state index >= 15 is 0 Å². The number of para-hydroxylation sites is 1. The van der Waals surface area contributed by atoms with E-state index in [2.05, 4.69) is 47.2 Å². The molecule has 2 N–H and O–H groups in total. The highest BCUT2D eigenvalue weighted by Crippen LogP contribution is 2.30. The van der Waals surface area contributed by atoms with E-state index in [-0.39, 0.29) is 0 Å². The van der Waals surface area contributed by atoms with Crippen LogP contribution in [0.3, 0.4) is 0 Å². The van der Waals surface area contributed by atoms with Gasteiger partial charge >= 0.3 is 0 Å². The number of aryl methyl sites for hydroxylation is 1. The molecular weight excluding hydrogens is 386 g/mol. The zero-order chi connectivity index (χ0) is 14.3. The molecule has 1 atom stereocenters. The summed E-state index contributed by atoms with van der Waals surface area (Å²) < 4.78 is 3.16. The first-order chi connectivity index (χ1) is 9.58. The van der Waals surface area contributed by atoms with Crippen molar-refractivity contribution >= 4 is 42.8 Å². The summed E-state index contributed by atoms with van der Waals surface area (Å²) >= 11 is 6.92. The first kappa shape index (κ1) is 13.7. The van der Waals surface area contributed by atoms with E-state index in [9.17, 15) is 0 Å². The zero-order valence-electron chi connectivity index (χ0n) is 10.6. The summed E-state index contributed by atoms with van der Waals surface area (Å²) in [5.74, 6) is 0. The number of aromatic nitrogens is 4. The average molecular weight is 397 g/mol. The van der Waals surface area contributed by atoms with Gasteiger partial charge in [-0.15, -0.1) is 5.10 Å². The van der Waals surface area contributed by atoms with E-state index in [0.29, 0.717) is 4.60 Å². The average Bonchev–Trinajstić information content (AvgIpc) is 2.76. The van der Waals surface area contributed by atoms with Crippen LogP contribution in [0.5, 0.6) is 0 Å². The van der Waals surface area contributed by atoms with Crippen molar-refractivity contribution in [2.24, 2.45) is 12.8 Å². The minimum absolute atomic E-state index is 0.414. The largest absolute Gasteiger partial charge is 0.318 e. The second kappa shape index (κ2) is 5.23. The maximum Gasteiger partial charge on any atom is 0.153 e. The molecule has 3 aromatic rings. The maximum absolute atomic E-state index is 6.33. The van der Waals surface area contributed by atoms with Gasteiger partial charge in [-0.2, -0.15) is 0 Å². The van der Waals surface area contributed by atoms with E-state index in [0.717, 1.165) is 26.8 Å². The van der Waals surface area contributed by atoms with Crippen LogP contribution in [0.4, 0.5) is 0 Å². The fourth-order valence-corrected chi connectivity index (χ4v) is 3.28. The van der Waals surface area contributed by atoms with Crippen LogP contribution in [0.2, 0.25) is 0 Å². The Kier molecular flexibility index (Phi) is 3.57. The molecule has 102 valence electrons. The van der Waals surface area contributed by atoms with Gasteiger partial charge in [-0.25, -0.2) is 9.67 Å². The normalized spacial score (nSPS) is 12.8. The number of fused-ring (bicyclic) bond motifs is 1. The van der Waals surface area contributed by atoms with Crippen LogP contribution in [0.25, 0.3) is 10.9 Å². The monoisotopic (exact) mass is 395 g/mol. The van der Waals surface area contributed by atoms with Crippen LogP contribution in [0.1, 0.15) is 17.4 Å². The second-order valence-corrected chi connectivity index (χ2v) is 6.02. The summed E-state index contributed by atoms with van der Waals surface area (Å²) in [6.07, 6.45) is 0. The highest BCUT2D eigenvalue weighted by molar-refractivity contribution is 9.10. The van der Waals surface area contributed by atoms with Gasteiger partial charge in [0.2, 0.25) is 0 Å². The molecule has 0 aliphatic carbocycles. The third-order valence-corrected chi connectivity index (χ3v) is 4.32. The quantitative estimate of drug-likeness (QED) is 0.722. The molecule has 0 aliphatic rings. The molecule has 1 unspecified atom stereocenters. The van der Waals surface area contributed by atoms with Crippen molar-refractivity contribution in [2.45, 2.75) is 6.04 Å². The van der Waals surface area contributed by atoms with Crippen LogP contribution in [-0.4, -0.2) is 20.0 Å². The van der Waals surface area contributed by atoms with Crippen LogP contribution in [0, 0.1) is 0 Å². The van der Waals surface area contributed by atoms with Gasteiger partial charge in [0.05, 0.1) is 22.9 Å². The van der Waals surface area contributed by atoms with Gasteiger partial charge in [-0.3, -0.25) is 0 Å². The van der Waals surface area contributed by atoms with Crippen molar-refractivity contribution in [1.82, 2.24) is 20.0 Å². The Morgan fingerprint density at radius 2 is 2.00 bits per heavy atom. The minimum atomic E-state index is -0.414. The molecule has 0 saturated carbocycles. The summed E-state index contributed by atoms with van der Waals surface area (Å²) in [7, 11) is 1.81. The minimum Gasteiger partial charge on any atom is -0.318 e. The van der Waals surface area contributed by atoms with Crippen LogP contribution < -0.4 is 5.73 Å². The third-order valence-electron chi connectivity index (χ3n) is 3.12. The van der Waals surface area contributed by atoms with Crippen molar-refractivity contribution in [3.05, 3.63) is 50.8 Å². The molecule has 0 radical (unpaired) electrons. The number of benzene rings is 1. The first-order valence-electron chi connectivity index (χ1n) is 5.93. The van der Waals surface area contributed by atoms with E-state index in [4.69, 9.17) is 5.73 Å². The standard InChI is InChI=1S/C13H11Br2N5/c1-20-12(13(15)18-19-20)10(16)11-8(14)6-7-4-2-3-5-9(7)17-11/h2-6,10H,16H2,1H3. The fourth-order valence-electron chi connectivity index (χ4n) is 2.12. The summed E-state index contributed by atoms with van der Waals surface area (Å²) in [6, 6.07) is 9.54.